The summed E-state index contributed by atoms with van der Waals surface area (Å²) < 4.78 is 22.5. The zero-order valence-corrected chi connectivity index (χ0v) is 13.3. The van der Waals surface area contributed by atoms with E-state index in [-0.39, 0.29) is 22.0 Å². The van der Waals surface area contributed by atoms with Gasteiger partial charge in [-0.3, -0.25) is 9.59 Å². The molecule has 2 aromatic carbocycles. The van der Waals surface area contributed by atoms with Crippen LogP contribution in [0.2, 0.25) is 5.02 Å². The number of rotatable bonds is 3. The minimum atomic E-state index is -3.77. The number of benzene rings is 2. The highest BCUT2D eigenvalue weighted by atomic mass is 35.5. The molecule has 8 heteroatoms. The van der Waals surface area contributed by atoms with E-state index in [2.05, 4.69) is 0 Å². The van der Waals surface area contributed by atoms with Gasteiger partial charge in [-0.05, 0) is 29.8 Å². The van der Waals surface area contributed by atoms with E-state index in [4.69, 9.17) is 16.7 Å². The maximum atomic E-state index is 12.1. The molecule has 0 spiro atoms. The largest absolute Gasteiger partial charge is 0.300 e. The summed E-state index contributed by atoms with van der Waals surface area (Å²) in [5, 5.41) is 5.27. The molecular formula is C15H11ClN2O4S. The van der Waals surface area contributed by atoms with Crippen molar-refractivity contribution in [2.75, 3.05) is 4.90 Å². The van der Waals surface area contributed by atoms with Gasteiger partial charge in [0.25, 0.3) is 11.7 Å². The fourth-order valence-corrected chi connectivity index (χ4v) is 3.20. The summed E-state index contributed by atoms with van der Waals surface area (Å²) in [5.41, 5.74) is 1.30. The number of amides is 1. The Balaban J connectivity index is 1.94. The highest BCUT2D eigenvalue weighted by molar-refractivity contribution is 7.89. The number of sulfonamides is 1. The van der Waals surface area contributed by atoms with Gasteiger partial charge in [-0.2, -0.15) is 0 Å². The molecule has 23 heavy (non-hydrogen) atoms. The monoisotopic (exact) mass is 350 g/mol. The van der Waals surface area contributed by atoms with E-state index in [1.165, 1.54) is 17.0 Å². The lowest BCUT2D eigenvalue weighted by molar-refractivity contribution is -0.114. The molecule has 0 saturated carbocycles. The Morgan fingerprint density at radius 2 is 1.70 bits per heavy atom. The van der Waals surface area contributed by atoms with Gasteiger partial charge in [0.15, 0.2) is 0 Å². The van der Waals surface area contributed by atoms with Gasteiger partial charge in [0.05, 0.1) is 27.7 Å². The quantitative estimate of drug-likeness (QED) is 0.852. The number of nitrogens with zero attached hydrogens (tertiary/aromatic N) is 1. The molecule has 6 nitrogen and oxygen atoms in total. The van der Waals surface area contributed by atoms with Crippen molar-refractivity contribution in [3.63, 3.8) is 0 Å². The van der Waals surface area contributed by atoms with Crippen LogP contribution in [0.5, 0.6) is 0 Å². The Labute approximate surface area is 137 Å². The molecule has 0 aliphatic carbocycles. The summed E-state index contributed by atoms with van der Waals surface area (Å²) >= 11 is 5.99. The van der Waals surface area contributed by atoms with Crippen molar-refractivity contribution < 1.29 is 18.0 Å². The Morgan fingerprint density at radius 3 is 2.30 bits per heavy atom. The second-order valence-corrected chi connectivity index (χ2v) is 7.01. The summed E-state index contributed by atoms with van der Waals surface area (Å²) in [6.45, 7) is 0.128. The molecule has 3 rings (SSSR count). The third-order valence-electron chi connectivity index (χ3n) is 3.54. The summed E-state index contributed by atoms with van der Waals surface area (Å²) in [7, 11) is -3.77. The fourth-order valence-electron chi connectivity index (χ4n) is 2.43. The van der Waals surface area contributed by atoms with E-state index >= 15 is 0 Å². The van der Waals surface area contributed by atoms with Crippen molar-refractivity contribution in [2.45, 2.75) is 11.4 Å². The van der Waals surface area contributed by atoms with Gasteiger partial charge in [-0.1, -0.05) is 29.8 Å². The second kappa shape index (κ2) is 5.45. The number of Topliss-reactive ketones (excluding diaryl/α,β-unsaturated/α-hetero) is 1. The minimum absolute atomic E-state index is 0.0199. The number of hydrogen-bond acceptors (Lipinski definition) is 4. The molecule has 0 fully saturated rings. The zero-order chi connectivity index (χ0) is 16.8. The van der Waals surface area contributed by atoms with Crippen LogP contribution < -0.4 is 10.0 Å². The average Bonchev–Trinajstić information content (AvgIpc) is 2.73. The SMILES string of the molecule is NS(=O)(=O)c1ccc(CN2C(=O)C(=O)c3c(Cl)cccc32)cc1. The molecule has 0 atom stereocenters. The highest BCUT2D eigenvalue weighted by Gasteiger charge is 2.37. The van der Waals surface area contributed by atoms with Crippen LogP contribution in [0.3, 0.4) is 0 Å². The Bertz CT molecular complexity index is 923. The molecule has 1 heterocycles. The van der Waals surface area contributed by atoms with Crippen molar-refractivity contribution in [3.05, 3.63) is 58.6 Å². The van der Waals surface area contributed by atoms with Crippen LogP contribution >= 0.6 is 11.6 Å². The molecule has 2 N–H and O–H groups in total. The highest BCUT2D eigenvalue weighted by Crippen LogP contribution is 2.35. The lowest BCUT2D eigenvalue weighted by Crippen LogP contribution is -2.29. The first kappa shape index (κ1) is 15.7. The molecule has 0 saturated heterocycles. The number of carbonyl (C=O) groups excluding carboxylic acids is 2. The first-order valence-electron chi connectivity index (χ1n) is 6.55. The van der Waals surface area contributed by atoms with Crippen LogP contribution in [0.1, 0.15) is 15.9 Å². The van der Waals surface area contributed by atoms with E-state index in [1.807, 2.05) is 0 Å². The molecule has 1 amide bonds. The van der Waals surface area contributed by atoms with Crippen LogP contribution in [0, 0.1) is 0 Å². The summed E-state index contributed by atoms with van der Waals surface area (Å²) in [4.78, 5) is 25.5. The first-order chi connectivity index (χ1) is 10.8. The van der Waals surface area contributed by atoms with E-state index in [0.29, 0.717) is 11.3 Å². The van der Waals surface area contributed by atoms with Crippen LogP contribution in [-0.4, -0.2) is 20.1 Å². The predicted octanol–water partition coefficient (Wildman–Crippen LogP) is 1.72. The van der Waals surface area contributed by atoms with Crippen molar-refractivity contribution in [2.24, 2.45) is 5.14 Å². The van der Waals surface area contributed by atoms with Gasteiger partial charge in [-0.15, -0.1) is 0 Å². The predicted molar refractivity (Wildman–Crippen MR) is 84.8 cm³/mol. The van der Waals surface area contributed by atoms with Gasteiger partial charge in [0.2, 0.25) is 10.0 Å². The molecule has 1 aliphatic heterocycles. The van der Waals surface area contributed by atoms with E-state index in [9.17, 15) is 18.0 Å². The lowest BCUT2D eigenvalue weighted by atomic mass is 10.1. The Morgan fingerprint density at radius 1 is 1.04 bits per heavy atom. The van der Waals surface area contributed by atoms with Gasteiger partial charge >= 0.3 is 0 Å². The number of halogens is 1. The molecule has 0 aromatic heterocycles. The van der Waals surface area contributed by atoms with Gasteiger partial charge in [-0.25, -0.2) is 13.6 Å². The Kier molecular flexibility index (Phi) is 3.71. The maximum Gasteiger partial charge on any atom is 0.299 e. The van der Waals surface area contributed by atoms with Crippen molar-refractivity contribution in [1.82, 2.24) is 0 Å². The van der Waals surface area contributed by atoms with Gasteiger partial charge < -0.3 is 4.90 Å². The van der Waals surface area contributed by atoms with E-state index in [0.717, 1.165) is 0 Å². The summed E-state index contributed by atoms with van der Waals surface area (Å²) in [6, 6.07) is 10.6. The molecular weight excluding hydrogens is 340 g/mol. The standard InChI is InChI=1S/C15H11ClN2O4S/c16-11-2-1-3-12-13(11)14(19)15(20)18(12)8-9-4-6-10(7-5-9)23(17,21)22/h1-7H,8H2,(H2,17,21,22). The molecule has 1 aliphatic rings. The van der Waals surface area contributed by atoms with Crippen molar-refractivity contribution >= 4 is 39.0 Å². The third kappa shape index (κ3) is 2.74. The maximum absolute atomic E-state index is 12.1. The smallest absolute Gasteiger partial charge is 0.299 e. The number of primary sulfonamides is 1. The first-order valence-corrected chi connectivity index (χ1v) is 8.48. The van der Waals surface area contributed by atoms with Crippen molar-refractivity contribution in [3.8, 4) is 0 Å². The number of nitrogens with two attached hydrogens (primary N) is 1. The molecule has 118 valence electrons. The van der Waals surface area contributed by atoms with Crippen molar-refractivity contribution in [1.29, 1.82) is 0 Å². The molecule has 0 bridgehead atoms. The van der Waals surface area contributed by atoms with E-state index in [1.54, 1.807) is 30.3 Å². The molecule has 2 aromatic rings. The summed E-state index contributed by atoms with van der Waals surface area (Å²) in [5.74, 6) is -1.31. The van der Waals surface area contributed by atoms with Crippen LogP contribution in [0.15, 0.2) is 47.4 Å². The van der Waals surface area contributed by atoms with Gasteiger partial charge in [0.1, 0.15) is 0 Å². The number of anilines is 1. The lowest BCUT2D eigenvalue weighted by Gasteiger charge is -2.16. The molecule has 0 radical (unpaired) electrons. The van der Waals surface area contributed by atoms with Crippen LogP contribution in [0.25, 0.3) is 0 Å². The zero-order valence-electron chi connectivity index (χ0n) is 11.7. The molecule has 0 unspecified atom stereocenters. The average molecular weight is 351 g/mol. The minimum Gasteiger partial charge on any atom is -0.300 e. The summed E-state index contributed by atoms with van der Waals surface area (Å²) in [6.07, 6.45) is 0. The van der Waals surface area contributed by atoms with Gasteiger partial charge in [0, 0.05) is 0 Å². The number of ketones is 1. The van der Waals surface area contributed by atoms with Crippen LogP contribution in [-0.2, 0) is 21.4 Å². The fraction of sp³-hybridized carbons (Fsp3) is 0.0667. The van der Waals surface area contributed by atoms with Crippen LogP contribution in [0.4, 0.5) is 5.69 Å². The topological polar surface area (TPSA) is 97.5 Å². The Hall–Kier alpha value is -2.22. The van der Waals surface area contributed by atoms with E-state index < -0.39 is 21.7 Å². The normalized spacial score (nSPS) is 14.3. The number of carbonyl (C=O) groups is 2. The third-order valence-corrected chi connectivity index (χ3v) is 4.79. The number of hydrogen-bond donors (Lipinski definition) is 1. The second-order valence-electron chi connectivity index (χ2n) is 5.04. The number of fused-ring (bicyclic) bond motifs is 1.